The average Bonchev–Trinajstić information content (AvgIpc) is 3.37. The van der Waals surface area contributed by atoms with Crippen LogP contribution in [0.2, 0.25) is 0 Å². The molecule has 0 saturated carbocycles. The van der Waals surface area contributed by atoms with E-state index in [0.29, 0.717) is 6.42 Å². The molecule has 182 valence electrons. The van der Waals surface area contributed by atoms with E-state index in [1.807, 2.05) is 31.2 Å². The first kappa shape index (κ1) is 24.0. The van der Waals surface area contributed by atoms with Gasteiger partial charge in [0.2, 0.25) is 5.91 Å². The summed E-state index contributed by atoms with van der Waals surface area (Å²) in [6, 6.07) is 16.3. The van der Waals surface area contributed by atoms with E-state index in [0.717, 1.165) is 22.3 Å². The maximum absolute atomic E-state index is 12.5. The quantitative estimate of drug-likeness (QED) is 0.429. The number of rotatable bonds is 9. The predicted molar refractivity (Wildman–Crippen MR) is 130 cm³/mol. The van der Waals surface area contributed by atoms with Crippen LogP contribution in [-0.2, 0) is 16.6 Å². The zero-order valence-electron chi connectivity index (χ0n) is 19.7. The number of hydrogen-bond donors (Lipinski definition) is 3. The molecule has 3 aromatic rings. The Morgan fingerprint density at radius 2 is 1.71 bits per heavy atom. The van der Waals surface area contributed by atoms with Gasteiger partial charge in [0.25, 0.3) is 0 Å². The molecule has 0 radical (unpaired) electrons. The monoisotopic (exact) mass is 476 g/mol. The summed E-state index contributed by atoms with van der Waals surface area (Å²) in [5, 5.41) is 18.4. The zero-order chi connectivity index (χ0) is 24.9. The summed E-state index contributed by atoms with van der Waals surface area (Å²) >= 11 is 0. The molecule has 0 saturated heterocycles. The summed E-state index contributed by atoms with van der Waals surface area (Å²) in [6.45, 7) is 2.40. The third-order valence-electron chi connectivity index (χ3n) is 6.24. The highest BCUT2D eigenvalue weighted by Gasteiger charge is 2.29. The first-order chi connectivity index (χ1) is 16.9. The van der Waals surface area contributed by atoms with Gasteiger partial charge in [0.05, 0.1) is 5.69 Å². The van der Waals surface area contributed by atoms with E-state index in [4.69, 9.17) is 4.74 Å². The molecule has 2 aromatic carbocycles. The Bertz CT molecular complexity index is 1210. The lowest BCUT2D eigenvalue weighted by Gasteiger charge is -2.17. The van der Waals surface area contributed by atoms with Crippen molar-refractivity contribution in [3.05, 3.63) is 71.5 Å². The molecule has 1 aliphatic rings. The van der Waals surface area contributed by atoms with Crippen molar-refractivity contribution < 1.29 is 24.2 Å². The molecular formula is C26H28N4O5. The van der Waals surface area contributed by atoms with Gasteiger partial charge in [-0.2, -0.15) is 5.10 Å². The number of aromatic nitrogens is 2. The number of carboxylic acids is 1. The number of aromatic carboxylic acids is 1. The molecule has 1 atom stereocenters. The second kappa shape index (κ2) is 10.4. The normalized spacial score (nSPS) is 13.0. The van der Waals surface area contributed by atoms with E-state index in [1.165, 1.54) is 10.9 Å². The minimum absolute atomic E-state index is 0.0242. The molecule has 9 nitrogen and oxygen atoms in total. The minimum atomic E-state index is -1.22. The van der Waals surface area contributed by atoms with Gasteiger partial charge in [-0.25, -0.2) is 9.59 Å². The standard InChI is InChI=1S/C26H28N4O5/c1-3-16(12-23(31)28-22-14-30(2)29-24(22)25(32)33)13-27-26(34)35-15-21-19-10-6-4-8-17(19)18-9-5-7-11-20(18)21/h4-11,14,16,21H,3,12-13,15H2,1-2H3,(H,27,34)(H,28,31)(H,32,33). The number of ether oxygens (including phenoxy) is 1. The molecule has 9 heteroatoms. The first-order valence-corrected chi connectivity index (χ1v) is 11.5. The number of anilines is 1. The summed E-state index contributed by atoms with van der Waals surface area (Å²) in [7, 11) is 1.58. The molecule has 1 aliphatic carbocycles. The van der Waals surface area contributed by atoms with Gasteiger partial charge >= 0.3 is 12.1 Å². The molecule has 0 aliphatic heterocycles. The molecule has 0 fully saturated rings. The number of fused-ring (bicyclic) bond motifs is 3. The fraction of sp³-hybridized carbons (Fsp3) is 0.308. The van der Waals surface area contributed by atoms with Gasteiger partial charge in [0.15, 0.2) is 5.69 Å². The van der Waals surface area contributed by atoms with Gasteiger partial charge in [-0.05, 0) is 28.2 Å². The summed E-state index contributed by atoms with van der Waals surface area (Å²) in [5.74, 6) is -1.73. The van der Waals surface area contributed by atoms with Gasteiger partial charge in [-0.1, -0.05) is 61.9 Å². The number of carboxylic acid groups (broad SMARTS) is 1. The molecular weight excluding hydrogens is 448 g/mol. The second-order valence-corrected chi connectivity index (χ2v) is 8.60. The Balaban J connectivity index is 1.29. The van der Waals surface area contributed by atoms with E-state index >= 15 is 0 Å². The van der Waals surface area contributed by atoms with Crippen LogP contribution in [0.15, 0.2) is 54.7 Å². The van der Waals surface area contributed by atoms with E-state index in [1.54, 1.807) is 7.05 Å². The largest absolute Gasteiger partial charge is 0.476 e. The van der Waals surface area contributed by atoms with Gasteiger partial charge in [0, 0.05) is 32.1 Å². The number of hydrogen-bond acceptors (Lipinski definition) is 5. The lowest BCUT2D eigenvalue weighted by molar-refractivity contribution is -0.117. The third-order valence-corrected chi connectivity index (χ3v) is 6.24. The van der Waals surface area contributed by atoms with Crippen LogP contribution in [-0.4, -0.2) is 46.0 Å². The third kappa shape index (κ3) is 5.34. The summed E-state index contributed by atoms with van der Waals surface area (Å²) < 4.78 is 6.88. The molecule has 3 N–H and O–H groups in total. The van der Waals surface area contributed by atoms with Crippen LogP contribution in [0.3, 0.4) is 0 Å². The predicted octanol–water partition coefficient (Wildman–Crippen LogP) is 4.01. The van der Waals surface area contributed by atoms with Gasteiger partial charge in [-0.3, -0.25) is 9.48 Å². The maximum Gasteiger partial charge on any atom is 0.407 e. The lowest BCUT2D eigenvalue weighted by Crippen LogP contribution is -2.32. The van der Waals surface area contributed by atoms with Crippen molar-refractivity contribution in [1.29, 1.82) is 0 Å². The number of aryl methyl sites for hydroxylation is 1. The Kier molecular flexibility index (Phi) is 7.14. The molecule has 1 heterocycles. The van der Waals surface area contributed by atoms with Crippen molar-refractivity contribution in [2.24, 2.45) is 13.0 Å². The van der Waals surface area contributed by atoms with Crippen molar-refractivity contribution in [2.45, 2.75) is 25.7 Å². The molecule has 0 spiro atoms. The zero-order valence-corrected chi connectivity index (χ0v) is 19.7. The van der Waals surface area contributed by atoms with Crippen LogP contribution in [0, 0.1) is 5.92 Å². The highest BCUT2D eigenvalue weighted by Crippen LogP contribution is 2.44. The van der Waals surface area contributed by atoms with E-state index in [-0.39, 0.29) is 48.7 Å². The van der Waals surface area contributed by atoms with Crippen molar-refractivity contribution in [3.8, 4) is 11.1 Å². The Morgan fingerprint density at radius 1 is 1.09 bits per heavy atom. The van der Waals surface area contributed by atoms with Gasteiger partial charge in [-0.15, -0.1) is 0 Å². The number of benzene rings is 2. The Labute approximate surface area is 203 Å². The molecule has 2 amide bonds. The van der Waals surface area contributed by atoms with E-state index in [2.05, 4.69) is 40.0 Å². The highest BCUT2D eigenvalue weighted by atomic mass is 16.5. The number of alkyl carbamates (subject to hydrolysis) is 1. The van der Waals surface area contributed by atoms with Crippen LogP contribution in [0.25, 0.3) is 11.1 Å². The number of nitrogens with one attached hydrogen (secondary N) is 2. The molecule has 35 heavy (non-hydrogen) atoms. The van der Waals surface area contributed by atoms with Crippen LogP contribution in [0.4, 0.5) is 10.5 Å². The SMILES string of the molecule is CCC(CNC(=O)OCC1c2ccccc2-c2ccccc21)CC(=O)Nc1cn(C)nc1C(=O)O. The topological polar surface area (TPSA) is 123 Å². The number of amides is 2. The minimum Gasteiger partial charge on any atom is -0.476 e. The fourth-order valence-corrected chi connectivity index (χ4v) is 4.44. The Morgan fingerprint density at radius 3 is 2.31 bits per heavy atom. The number of carbonyl (C=O) groups excluding carboxylic acids is 2. The summed E-state index contributed by atoms with van der Waals surface area (Å²) in [6.07, 6.45) is 1.67. The smallest absolute Gasteiger partial charge is 0.407 e. The van der Waals surface area contributed by atoms with E-state index in [9.17, 15) is 19.5 Å². The molecule has 1 unspecified atom stereocenters. The molecule has 0 bridgehead atoms. The van der Waals surface area contributed by atoms with Crippen LogP contribution < -0.4 is 10.6 Å². The number of carbonyl (C=O) groups is 3. The maximum atomic E-state index is 12.5. The van der Waals surface area contributed by atoms with Crippen LogP contribution >= 0.6 is 0 Å². The van der Waals surface area contributed by atoms with Crippen molar-refractivity contribution in [1.82, 2.24) is 15.1 Å². The summed E-state index contributed by atoms with van der Waals surface area (Å²) in [5.41, 5.74) is 4.53. The molecule has 1 aromatic heterocycles. The van der Waals surface area contributed by atoms with Gasteiger partial charge in [0.1, 0.15) is 6.61 Å². The van der Waals surface area contributed by atoms with Crippen LogP contribution in [0.5, 0.6) is 0 Å². The van der Waals surface area contributed by atoms with Crippen LogP contribution in [0.1, 0.15) is 47.3 Å². The molecule has 4 rings (SSSR count). The van der Waals surface area contributed by atoms with Gasteiger partial charge < -0.3 is 20.5 Å². The van der Waals surface area contributed by atoms with Crippen molar-refractivity contribution in [3.63, 3.8) is 0 Å². The fourth-order valence-electron chi connectivity index (χ4n) is 4.44. The highest BCUT2D eigenvalue weighted by molar-refractivity contribution is 5.99. The van der Waals surface area contributed by atoms with E-state index < -0.39 is 12.1 Å². The van der Waals surface area contributed by atoms with Crippen molar-refractivity contribution >= 4 is 23.7 Å². The first-order valence-electron chi connectivity index (χ1n) is 11.5. The second-order valence-electron chi connectivity index (χ2n) is 8.60. The average molecular weight is 477 g/mol. The number of nitrogens with zero attached hydrogens (tertiary/aromatic N) is 2. The van der Waals surface area contributed by atoms with Crippen molar-refractivity contribution in [2.75, 3.05) is 18.5 Å². The lowest BCUT2D eigenvalue weighted by atomic mass is 9.98. The summed E-state index contributed by atoms with van der Waals surface area (Å²) in [4.78, 5) is 36.2. The Hall–Kier alpha value is -4.14.